The minimum atomic E-state index is -0.475. The van der Waals surface area contributed by atoms with Crippen molar-refractivity contribution < 1.29 is 18.7 Å². The summed E-state index contributed by atoms with van der Waals surface area (Å²) in [5.41, 5.74) is 0.589. The van der Waals surface area contributed by atoms with Gasteiger partial charge >= 0.3 is 5.97 Å². The summed E-state index contributed by atoms with van der Waals surface area (Å²) < 4.78 is 19.1. The largest absolute Gasteiger partial charge is 0.469 e. The number of nitrogens with zero attached hydrogens (tertiary/aromatic N) is 1. The van der Waals surface area contributed by atoms with E-state index in [0.717, 1.165) is 0 Å². The lowest BCUT2D eigenvalue weighted by atomic mass is 9.80. The summed E-state index contributed by atoms with van der Waals surface area (Å²) in [5, 5.41) is 2.79. The number of rotatable bonds is 4. The molecule has 1 aromatic carbocycles. The number of carbonyl (C=O) groups is 2. The quantitative estimate of drug-likeness (QED) is 0.848. The lowest BCUT2D eigenvalue weighted by Crippen LogP contribution is -2.48. The van der Waals surface area contributed by atoms with Crippen molar-refractivity contribution in [1.29, 1.82) is 0 Å². The number of carbonyl (C=O) groups excluding carboxylic acids is 2. The van der Waals surface area contributed by atoms with Crippen molar-refractivity contribution in [3.05, 3.63) is 63.8 Å². The summed E-state index contributed by atoms with van der Waals surface area (Å²) in [5.74, 6) is -1.38. The van der Waals surface area contributed by atoms with Gasteiger partial charge in [0.05, 0.1) is 13.0 Å². The maximum Gasteiger partial charge on any atom is 0.308 e. The number of ether oxygens (including phenoxy) is 1. The minimum absolute atomic E-state index is 0.0401. The first kappa shape index (κ1) is 17.8. The van der Waals surface area contributed by atoms with Crippen molar-refractivity contribution in [3.8, 4) is 5.69 Å². The van der Waals surface area contributed by atoms with Crippen LogP contribution in [0.15, 0.2) is 41.3 Å². The summed E-state index contributed by atoms with van der Waals surface area (Å²) in [4.78, 5) is 36.7. The van der Waals surface area contributed by atoms with Gasteiger partial charge in [-0.1, -0.05) is 0 Å². The SMILES string of the molecule is COC(=O)C1CC(NC(=O)c2c(C)ccn(-c3ccc(F)cc3)c2=O)C1. The van der Waals surface area contributed by atoms with Crippen LogP contribution < -0.4 is 10.9 Å². The second-order valence-corrected chi connectivity index (χ2v) is 6.39. The zero-order chi connectivity index (χ0) is 18.8. The molecule has 1 amide bonds. The zero-order valence-corrected chi connectivity index (χ0v) is 14.5. The molecule has 0 atom stereocenters. The molecule has 0 saturated heterocycles. The molecular weight excluding hydrogens is 339 g/mol. The Morgan fingerprint density at radius 1 is 1.19 bits per heavy atom. The third kappa shape index (κ3) is 3.37. The molecule has 0 bridgehead atoms. The lowest BCUT2D eigenvalue weighted by Gasteiger charge is -2.33. The van der Waals surface area contributed by atoms with Crippen molar-refractivity contribution in [3.63, 3.8) is 0 Å². The highest BCUT2D eigenvalue weighted by atomic mass is 19.1. The minimum Gasteiger partial charge on any atom is -0.469 e. The van der Waals surface area contributed by atoms with E-state index in [1.807, 2.05) is 0 Å². The molecule has 0 aliphatic heterocycles. The van der Waals surface area contributed by atoms with Crippen LogP contribution in [-0.2, 0) is 9.53 Å². The molecule has 6 nitrogen and oxygen atoms in total. The van der Waals surface area contributed by atoms with Crippen LogP contribution in [0.2, 0.25) is 0 Å². The second kappa shape index (κ2) is 7.11. The highest BCUT2D eigenvalue weighted by molar-refractivity contribution is 5.95. The molecule has 0 spiro atoms. The van der Waals surface area contributed by atoms with E-state index in [1.54, 1.807) is 19.2 Å². The van der Waals surface area contributed by atoms with Crippen LogP contribution in [0, 0.1) is 18.7 Å². The summed E-state index contributed by atoms with van der Waals surface area (Å²) in [6.45, 7) is 1.68. The first-order valence-corrected chi connectivity index (χ1v) is 8.27. The maximum absolute atomic E-state index is 13.1. The molecule has 1 N–H and O–H groups in total. The smallest absolute Gasteiger partial charge is 0.308 e. The van der Waals surface area contributed by atoms with E-state index in [0.29, 0.717) is 24.1 Å². The van der Waals surface area contributed by atoms with Crippen LogP contribution in [0.25, 0.3) is 5.69 Å². The maximum atomic E-state index is 13.1. The van der Waals surface area contributed by atoms with Gasteiger partial charge < -0.3 is 10.1 Å². The number of aryl methyl sites for hydroxylation is 1. The van der Waals surface area contributed by atoms with Crippen LogP contribution >= 0.6 is 0 Å². The standard InChI is InChI=1S/C19H19FN2O4/c1-11-7-8-22(15-5-3-13(20)4-6-15)18(24)16(11)17(23)21-14-9-12(10-14)19(25)26-2/h3-8,12,14H,9-10H2,1-2H3,(H,21,23). The first-order valence-electron chi connectivity index (χ1n) is 8.27. The van der Waals surface area contributed by atoms with Gasteiger partial charge in [-0.25, -0.2) is 4.39 Å². The number of aromatic nitrogens is 1. The predicted molar refractivity (Wildman–Crippen MR) is 92.7 cm³/mol. The van der Waals surface area contributed by atoms with Crippen molar-refractivity contribution in [2.75, 3.05) is 7.11 Å². The van der Waals surface area contributed by atoms with E-state index < -0.39 is 17.3 Å². The number of esters is 1. The van der Waals surface area contributed by atoms with Crippen LogP contribution in [-0.4, -0.2) is 29.6 Å². The van der Waals surface area contributed by atoms with E-state index in [2.05, 4.69) is 10.1 Å². The molecule has 1 saturated carbocycles. The number of halogens is 1. The van der Waals surface area contributed by atoms with Gasteiger partial charge in [0.15, 0.2) is 0 Å². The molecule has 0 radical (unpaired) electrons. The summed E-state index contributed by atoms with van der Waals surface area (Å²) >= 11 is 0. The van der Waals surface area contributed by atoms with E-state index in [-0.39, 0.29) is 23.5 Å². The molecule has 0 unspecified atom stereocenters. The molecular formula is C19H19FN2O4. The van der Waals surface area contributed by atoms with E-state index >= 15 is 0 Å². The third-order valence-electron chi connectivity index (χ3n) is 4.64. The second-order valence-electron chi connectivity index (χ2n) is 6.39. The summed E-state index contributed by atoms with van der Waals surface area (Å²) in [6.07, 6.45) is 2.55. The highest BCUT2D eigenvalue weighted by Gasteiger charge is 2.36. The number of hydrogen-bond acceptors (Lipinski definition) is 4. The predicted octanol–water partition coefficient (Wildman–Crippen LogP) is 1.97. The monoisotopic (exact) mass is 358 g/mol. The Balaban J connectivity index is 1.80. The molecule has 1 aliphatic rings. The normalized spacial score (nSPS) is 18.7. The molecule has 3 rings (SSSR count). The van der Waals surface area contributed by atoms with Crippen molar-refractivity contribution in [2.45, 2.75) is 25.8 Å². The van der Waals surface area contributed by atoms with Gasteiger partial charge in [0.25, 0.3) is 11.5 Å². The van der Waals surface area contributed by atoms with Crippen LogP contribution in [0.5, 0.6) is 0 Å². The molecule has 2 aromatic rings. The fraction of sp³-hybridized carbons (Fsp3) is 0.316. The Bertz CT molecular complexity index is 899. The van der Waals surface area contributed by atoms with Gasteiger partial charge in [0.2, 0.25) is 0 Å². The van der Waals surface area contributed by atoms with E-state index in [1.165, 1.54) is 35.9 Å². The van der Waals surface area contributed by atoms with Crippen molar-refractivity contribution in [2.24, 2.45) is 5.92 Å². The number of amides is 1. The molecule has 1 aliphatic carbocycles. The Hall–Kier alpha value is -2.96. The Morgan fingerprint density at radius 3 is 2.46 bits per heavy atom. The number of nitrogens with one attached hydrogen (secondary N) is 1. The fourth-order valence-corrected chi connectivity index (χ4v) is 3.06. The van der Waals surface area contributed by atoms with Gasteiger partial charge in [0.1, 0.15) is 11.4 Å². The highest BCUT2D eigenvalue weighted by Crippen LogP contribution is 2.28. The average molecular weight is 358 g/mol. The number of pyridine rings is 1. The summed E-state index contributed by atoms with van der Waals surface area (Å²) in [6, 6.07) is 6.95. The van der Waals surface area contributed by atoms with Gasteiger partial charge in [0, 0.05) is 17.9 Å². The van der Waals surface area contributed by atoms with Crippen LogP contribution in [0.3, 0.4) is 0 Å². The summed E-state index contributed by atoms with van der Waals surface area (Å²) in [7, 11) is 1.33. The topological polar surface area (TPSA) is 77.4 Å². The van der Waals surface area contributed by atoms with E-state index in [4.69, 9.17) is 0 Å². The Morgan fingerprint density at radius 2 is 1.85 bits per heavy atom. The Kier molecular flexibility index (Phi) is 4.88. The fourth-order valence-electron chi connectivity index (χ4n) is 3.06. The van der Waals surface area contributed by atoms with Gasteiger partial charge in [-0.15, -0.1) is 0 Å². The molecule has 1 fully saturated rings. The Labute approximate surface area is 149 Å². The first-order chi connectivity index (χ1) is 12.4. The average Bonchev–Trinajstić information content (AvgIpc) is 2.58. The molecule has 1 aromatic heterocycles. The third-order valence-corrected chi connectivity index (χ3v) is 4.64. The van der Waals surface area contributed by atoms with Crippen molar-refractivity contribution in [1.82, 2.24) is 9.88 Å². The molecule has 26 heavy (non-hydrogen) atoms. The van der Waals surface area contributed by atoms with Crippen molar-refractivity contribution >= 4 is 11.9 Å². The lowest BCUT2D eigenvalue weighted by molar-refractivity contribution is -0.149. The zero-order valence-electron chi connectivity index (χ0n) is 14.5. The molecule has 1 heterocycles. The molecule has 136 valence electrons. The van der Waals surface area contributed by atoms with E-state index in [9.17, 15) is 18.8 Å². The number of hydrogen-bond donors (Lipinski definition) is 1. The van der Waals surface area contributed by atoms with Crippen LogP contribution in [0.1, 0.15) is 28.8 Å². The van der Waals surface area contributed by atoms with Gasteiger partial charge in [-0.3, -0.25) is 19.0 Å². The number of methoxy groups -OCH3 is 1. The van der Waals surface area contributed by atoms with Gasteiger partial charge in [-0.05, 0) is 55.7 Å². The van der Waals surface area contributed by atoms with Crippen LogP contribution in [0.4, 0.5) is 4.39 Å². The molecule has 7 heteroatoms. The number of benzene rings is 1. The van der Waals surface area contributed by atoms with Gasteiger partial charge in [-0.2, -0.15) is 0 Å².